The highest BCUT2D eigenvalue weighted by atomic mass is 35.5. The van der Waals surface area contributed by atoms with E-state index in [4.69, 9.17) is 21.3 Å². The largest absolute Gasteiger partial charge is 0.492 e. The summed E-state index contributed by atoms with van der Waals surface area (Å²) < 4.78 is 7.42. The van der Waals surface area contributed by atoms with Gasteiger partial charge in [-0.15, -0.1) is 11.3 Å². The molecule has 0 spiro atoms. The summed E-state index contributed by atoms with van der Waals surface area (Å²) in [4.78, 5) is 22.7. The maximum Gasteiger partial charge on any atom is 0.234 e. The molecule has 0 fully saturated rings. The zero-order valence-electron chi connectivity index (χ0n) is 16.3. The monoisotopic (exact) mass is 437 g/mol. The number of benzene rings is 1. The molecule has 0 radical (unpaired) electrons. The van der Waals surface area contributed by atoms with Crippen molar-refractivity contribution >= 4 is 55.5 Å². The minimum Gasteiger partial charge on any atom is -0.492 e. The number of hydrogen-bond acceptors (Lipinski definition) is 6. The molecule has 0 bridgehead atoms. The normalized spacial score (nSPS) is 11.3. The predicted molar refractivity (Wildman–Crippen MR) is 119 cm³/mol. The second-order valence-corrected chi connectivity index (χ2v) is 9.43. The number of halogens is 1. The maximum atomic E-state index is 13.1. The molecule has 5 nitrogen and oxygen atoms in total. The van der Waals surface area contributed by atoms with Crippen molar-refractivity contribution in [1.29, 1.82) is 0 Å². The number of aromatic nitrogens is 1. The summed E-state index contributed by atoms with van der Waals surface area (Å²) in [5, 5.41) is 0.716. The van der Waals surface area contributed by atoms with Crippen molar-refractivity contribution in [2.45, 2.75) is 19.8 Å². The van der Waals surface area contributed by atoms with Crippen LogP contribution in [0.25, 0.3) is 10.2 Å². The summed E-state index contributed by atoms with van der Waals surface area (Å²) in [7, 11) is 4.07. The summed E-state index contributed by atoms with van der Waals surface area (Å²) in [6.45, 7) is 4.07. The molecule has 0 atom stereocenters. The van der Waals surface area contributed by atoms with Gasteiger partial charge >= 0.3 is 0 Å². The molecular formula is C20H24ClN3O2S2. The van der Waals surface area contributed by atoms with E-state index in [0.717, 1.165) is 33.8 Å². The van der Waals surface area contributed by atoms with Crippen LogP contribution in [-0.4, -0.2) is 49.6 Å². The Morgan fingerprint density at radius 3 is 2.68 bits per heavy atom. The number of thiophene rings is 1. The van der Waals surface area contributed by atoms with Gasteiger partial charge in [-0.05, 0) is 58.3 Å². The fourth-order valence-corrected chi connectivity index (χ4v) is 4.97. The van der Waals surface area contributed by atoms with Gasteiger partial charge < -0.3 is 9.64 Å². The van der Waals surface area contributed by atoms with Gasteiger partial charge in [0.25, 0.3) is 0 Å². The fraction of sp³-hybridized carbons (Fsp3) is 0.400. The highest BCUT2D eigenvalue weighted by molar-refractivity contribution is 7.22. The lowest BCUT2D eigenvalue weighted by molar-refractivity contribution is -0.118. The van der Waals surface area contributed by atoms with Crippen LogP contribution in [0, 0.1) is 0 Å². The lowest BCUT2D eigenvalue weighted by Crippen LogP contribution is -2.34. The molecule has 150 valence electrons. The number of carbonyl (C=O) groups excluding carboxylic acids is 1. The molecule has 2 aromatic heterocycles. The molecule has 8 heteroatoms. The second kappa shape index (κ2) is 9.69. The Morgan fingerprint density at radius 2 is 2.00 bits per heavy atom. The molecule has 0 saturated carbocycles. The van der Waals surface area contributed by atoms with Gasteiger partial charge in [0.1, 0.15) is 11.3 Å². The Hall–Kier alpha value is -1.67. The van der Waals surface area contributed by atoms with Crippen LogP contribution >= 0.6 is 34.3 Å². The van der Waals surface area contributed by atoms with Crippen LogP contribution in [-0.2, 0) is 11.2 Å². The van der Waals surface area contributed by atoms with E-state index in [9.17, 15) is 4.79 Å². The van der Waals surface area contributed by atoms with E-state index in [1.165, 1.54) is 22.7 Å². The standard InChI is InChI=1S/C20H24ClN3O2S2/c1-4-26-15-7-5-8-16-19(15)22-20(28-16)24(12-6-11-23(2)3)18(25)13-14-9-10-17(21)27-14/h5,7-10H,4,6,11-13H2,1-3H3. The number of carbonyl (C=O) groups is 1. The van der Waals surface area contributed by atoms with Gasteiger partial charge in [-0.2, -0.15) is 0 Å². The molecule has 0 N–H and O–H groups in total. The fourth-order valence-electron chi connectivity index (χ4n) is 2.86. The number of para-hydroxylation sites is 1. The predicted octanol–water partition coefficient (Wildman–Crippen LogP) is 4.94. The first kappa shape index (κ1) is 21.0. The van der Waals surface area contributed by atoms with Crippen LogP contribution < -0.4 is 9.64 Å². The van der Waals surface area contributed by atoms with E-state index in [-0.39, 0.29) is 5.91 Å². The first-order chi connectivity index (χ1) is 13.5. The van der Waals surface area contributed by atoms with E-state index in [2.05, 4.69) is 4.90 Å². The Kier molecular flexibility index (Phi) is 7.29. The lowest BCUT2D eigenvalue weighted by atomic mass is 10.3. The van der Waals surface area contributed by atoms with Gasteiger partial charge in [0.05, 0.1) is 22.1 Å². The number of ether oxygens (including phenoxy) is 1. The molecule has 1 aromatic carbocycles. The Morgan fingerprint density at radius 1 is 1.18 bits per heavy atom. The number of nitrogens with zero attached hydrogens (tertiary/aromatic N) is 3. The third kappa shape index (κ3) is 5.23. The average Bonchev–Trinajstić information content (AvgIpc) is 3.25. The number of hydrogen-bond donors (Lipinski definition) is 0. The summed E-state index contributed by atoms with van der Waals surface area (Å²) in [5.74, 6) is 0.794. The number of fused-ring (bicyclic) bond motifs is 1. The first-order valence-electron chi connectivity index (χ1n) is 9.19. The van der Waals surface area contributed by atoms with Crippen molar-refractivity contribution in [1.82, 2.24) is 9.88 Å². The van der Waals surface area contributed by atoms with Crippen molar-refractivity contribution in [3.05, 3.63) is 39.5 Å². The van der Waals surface area contributed by atoms with Gasteiger partial charge in [0.15, 0.2) is 5.13 Å². The van der Waals surface area contributed by atoms with Gasteiger partial charge in [-0.25, -0.2) is 4.98 Å². The summed E-state index contributed by atoms with van der Waals surface area (Å²) in [5.41, 5.74) is 0.814. The molecule has 2 heterocycles. The summed E-state index contributed by atoms with van der Waals surface area (Å²) in [6.07, 6.45) is 1.20. The number of thiazole rings is 1. The van der Waals surface area contributed by atoms with E-state index in [0.29, 0.717) is 29.0 Å². The minimum atomic E-state index is 0.0364. The third-order valence-corrected chi connectivity index (χ3v) is 6.42. The van der Waals surface area contributed by atoms with Crippen molar-refractivity contribution < 1.29 is 9.53 Å². The van der Waals surface area contributed by atoms with Crippen molar-refractivity contribution in [2.75, 3.05) is 38.7 Å². The lowest BCUT2D eigenvalue weighted by Gasteiger charge is -2.20. The second-order valence-electron chi connectivity index (χ2n) is 6.62. The SMILES string of the molecule is CCOc1cccc2sc(N(CCCN(C)C)C(=O)Cc3ccc(Cl)s3)nc12. The van der Waals surface area contributed by atoms with Crippen LogP contribution in [0.1, 0.15) is 18.2 Å². The number of rotatable bonds is 9. The quantitative estimate of drug-likeness (QED) is 0.475. The Bertz CT molecular complexity index is 939. The summed E-state index contributed by atoms with van der Waals surface area (Å²) in [6, 6.07) is 9.63. The summed E-state index contributed by atoms with van der Waals surface area (Å²) >= 11 is 8.99. The Balaban J connectivity index is 1.87. The van der Waals surface area contributed by atoms with Crippen LogP contribution in [0.3, 0.4) is 0 Å². The van der Waals surface area contributed by atoms with E-state index in [1.54, 1.807) is 4.90 Å². The van der Waals surface area contributed by atoms with Crippen LogP contribution in [0.5, 0.6) is 5.75 Å². The zero-order chi connectivity index (χ0) is 20.1. The van der Waals surface area contributed by atoms with E-state index < -0.39 is 0 Å². The molecular weight excluding hydrogens is 414 g/mol. The smallest absolute Gasteiger partial charge is 0.234 e. The molecule has 0 saturated heterocycles. The molecule has 0 unspecified atom stereocenters. The van der Waals surface area contributed by atoms with Gasteiger partial charge in [0, 0.05) is 11.4 Å². The maximum absolute atomic E-state index is 13.1. The number of amides is 1. The minimum absolute atomic E-state index is 0.0364. The molecule has 0 aliphatic heterocycles. The third-order valence-electron chi connectivity index (χ3n) is 4.14. The van der Waals surface area contributed by atoms with Gasteiger partial charge in [0.2, 0.25) is 5.91 Å². The van der Waals surface area contributed by atoms with Gasteiger partial charge in [-0.1, -0.05) is 29.0 Å². The number of anilines is 1. The molecule has 1 amide bonds. The highest BCUT2D eigenvalue weighted by Gasteiger charge is 2.21. The highest BCUT2D eigenvalue weighted by Crippen LogP contribution is 2.35. The van der Waals surface area contributed by atoms with E-state index in [1.807, 2.05) is 51.4 Å². The molecule has 0 aliphatic rings. The zero-order valence-corrected chi connectivity index (χ0v) is 18.7. The topological polar surface area (TPSA) is 45.7 Å². The molecule has 28 heavy (non-hydrogen) atoms. The van der Waals surface area contributed by atoms with E-state index >= 15 is 0 Å². The van der Waals surface area contributed by atoms with Crippen molar-refractivity contribution in [3.63, 3.8) is 0 Å². The molecule has 3 aromatic rings. The molecule has 3 rings (SSSR count). The van der Waals surface area contributed by atoms with Gasteiger partial charge in [-0.3, -0.25) is 9.69 Å². The van der Waals surface area contributed by atoms with Crippen molar-refractivity contribution in [2.24, 2.45) is 0 Å². The van der Waals surface area contributed by atoms with Crippen LogP contribution in [0.2, 0.25) is 4.34 Å². The average molecular weight is 438 g/mol. The van der Waals surface area contributed by atoms with Crippen LogP contribution in [0.4, 0.5) is 5.13 Å². The Labute approximate surface area is 178 Å². The first-order valence-corrected chi connectivity index (χ1v) is 11.2. The molecule has 0 aliphatic carbocycles. The van der Waals surface area contributed by atoms with Crippen LogP contribution in [0.15, 0.2) is 30.3 Å². The van der Waals surface area contributed by atoms with Crippen molar-refractivity contribution in [3.8, 4) is 5.75 Å².